The number of aromatic amines is 1. The summed E-state index contributed by atoms with van der Waals surface area (Å²) in [4.78, 5) is 18.5. The lowest BCUT2D eigenvalue weighted by Crippen LogP contribution is -2.12. The fourth-order valence-electron chi connectivity index (χ4n) is 2.26. The smallest absolute Gasteiger partial charge is 0.416 e. The van der Waals surface area contributed by atoms with Crippen LogP contribution in [-0.4, -0.2) is 16.3 Å². The molecule has 2 aromatic carbocycles. The topological polar surface area (TPSA) is 65.5 Å². The average Bonchev–Trinajstić information content (AvgIpc) is 2.54. The number of para-hydroxylation sites is 1. The Bertz CT molecular complexity index is 991. The van der Waals surface area contributed by atoms with E-state index in [9.17, 15) is 23.1 Å². The van der Waals surface area contributed by atoms with E-state index in [-0.39, 0.29) is 17.0 Å². The van der Waals surface area contributed by atoms with E-state index in [1.807, 2.05) is 0 Å². The van der Waals surface area contributed by atoms with E-state index < -0.39 is 17.3 Å². The Morgan fingerprint density at radius 1 is 1.08 bits per heavy atom. The SMILES string of the molecule is O=c1[nH]c2ccccc2c(O)c1C=Nc1cccc(C(F)(F)F)c1. The second-order valence-corrected chi connectivity index (χ2v) is 5.07. The number of hydrogen-bond acceptors (Lipinski definition) is 3. The quantitative estimate of drug-likeness (QED) is 0.697. The number of aromatic hydroxyl groups is 1. The highest BCUT2D eigenvalue weighted by Gasteiger charge is 2.30. The van der Waals surface area contributed by atoms with Crippen LogP contribution in [0.4, 0.5) is 18.9 Å². The summed E-state index contributed by atoms with van der Waals surface area (Å²) in [5, 5.41) is 10.6. The van der Waals surface area contributed by atoms with Crippen LogP contribution < -0.4 is 5.56 Å². The van der Waals surface area contributed by atoms with Crippen molar-refractivity contribution in [2.45, 2.75) is 6.18 Å². The first-order valence-corrected chi connectivity index (χ1v) is 6.91. The number of nitrogens with one attached hydrogen (secondary N) is 1. The van der Waals surface area contributed by atoms with Gasteiger partial charge in [0.1, 0.15) is 11.3 Å². The third kappa shape index (κ3) is 3.01. The second kappa shape index (κ2) is 5.84. The van der Waals surface area contributed by atoms with Gasteiger partial charge in [0.05, 0.1) is 16.8 Å². The van der Waals surface area contributed by atoms with E-state index in [0.29, 0.717) is 10.9 Å². The molecule has 3 rings (SSSR count). The zero-order valence-corrected chi connectivity index (χ0v) is 12.1. The minimum atomic E-state index is -4.48. The molecule has 2 N–H and O–H groups in total. The zero-order chi connectivity index (χ0) is 17.3. The number of aliphatic imine (C=N–C) groups is 1. The number of halogens is 3. The first-order chi connectivity index (χ1) is 11.4. The van der Waals surface area contributed by atoms with E-state index in [1.165, 1.54) is 12.1 Å². The van der Waals surface area contributed by atoms with Crippen molar-refractivity contribution in [1.29, 1.82) is 0 Å². The fraction of sp³-hybridized carbons (Fsp3) is 0.0588. The Balaban J connectivity index is 2.04. The minimum absolute atomic E-state index is 0.0248. The van der Waals surface area contributed by atoms with Crippen LogP contribution in [0.5, 0.6) is 5.75 Å². The van der Waals surface area contributed by atoms with E-state index in [4.69, 9.17) is 0 Å². The summed E-state index contributed by atoms with van der Waals surface area (Å²) in [6.07, 6.45) is -3.43. The highest BCUT2D eigenvalue weighted by Crippen LogP contribution is 2.31. The molecule has 0 aliphatic heterocycles. The molecule has 0 aliphatic rings. The molecule has 0 spiro atoms. The number of alkyl halides is 3. The van der Waals surface area contributed by atoms with Gasteiger partial charge in [-0.1, -0.05) is 18.2 Å². The molecular formula is C17H11F3N2O2. The van der Waals surface area contributed by atoms with Crippen LogP contribution in [0.3, 0.4) is 0 Å². The second-order valence-electron chi connectivity index (χ2n) is 5.07. The largest absolute Gasteiger partial charge is 0.506 e. The van der Waals surface area contributed by atoms with Crippen LogP contribution in [0, 0.1) is 0 Å². The van der Waals surface area contributed by atoms with Crippen molar-refractivity contribution in [3.8, 4) is 5.75 Å². The molecule has 7 heteroatoms. The molecule has 0 amide bonds. The van der Waals surface area contributed by atoms with Crippen LogP contribution in [0.25, 0.3) is 10.9 Å². The van der Waals surface area contributed by atoms with Gasteiger partial charge >= 0.3 is 6.18 Å². The van der Waals surface area contributed by atoms with Crippen molar-refractivity contribution < 1.29 is 18.3 Å². The van der Waals surface area contributed by atoms with Crippen LogP contribution in [-0.2, 0) is 6.18 Å². The van der Waals surface area contributed by atoms with E-state index in [2.05, 4.69) is 9.98 Å². The number of hydrogen-bond donors (Lipinski definition) is 2. The van der Waals surface area contributed by atoms with E-state index >= 15 is 0 Å². The highest BCUT2D eigenvalue weighted by molar-refractivity contribution is 5.95. The summed E-state index contributed by atoms with van der Waals surface area (Å²) >= 11 is 0. The Labute approximate surface area is 133 Å². The number of nitrogens with zero attached hydrogens (tertiary/aromatic N) is 1. The van der Waals surface area contributed by atoms with Crippen molar-refractivity contribution >= 4 is 22.8 Å². The fourth-order valence-corrected chi connectivity index (χ4v) is 2.26. The highest BCUT2D eigenvalue weighted by atomic mass is 19.4. The number of rotatable bonds is 2. The molecule has 0 bridgehead atoms. The van der Waals surface area contributed by atoms with Crippen LogP contribution in [0.1, 0.15) is 11.1 Å². The van der Waals surface area contributed by atoms with Crippen molar-refractivity contribution in [1.82, 2.24) is 4.98 Å². The molecule has 0 saturated carbocycles. The van der Waals surface area contributed by atoms with Gasteiger partial charge in [-0.25, -0.2) is 0 Å². The minimum Gasteiger partial charge on any atom is -0.506 e. The van der Waals surface area contributed by atoms with Crippen molar-refractivity contribution in [3.05, 3.63) is 70.0 Å². The van der Waals surface area contributed by atoms with Gasteiger partial charge < -0.3 is 10.1 Å². The summed E-state index contributed by atoms with van der Waals surface area (Å²) in [6.45, 7) is 0. The van der Waals surface area contributed by atoms with Crippen LogP contribution in [0.2, 0.25) is 0 Å². The normalized spacial score (nSPS) is 12.1. The Morgan fingerprint density at radius 3 is 2.58 bits per heavy atom. The van der Waals surface area contributed by atoms with Gasteiger partial charge in [0.2, 0.25) is 0 Å². The van der Waals surface area contributed by atoms with Gasteiger partial charge in [0.25, 0.3) is 5.56 Å². The average molecular weight is 332 g/mol. The zero-order valence-electron chi connectivity index (χ0n) is 12.1. The first kappa shape index (κ1) is 15.8. The third-order valence-corrected chi connectivity index (χ3v) is 3.45. The molecule has 0 unspecified atom stereocenters. The standard InChI is InChI=1S/C17H11F3N2O2/c18-17(19,20)10-4-3-5-11(8-10)21-9-13-15(23)12-6-1-2-7-14(12)22-16(13)24/h1-9H,(H2,22,23,24). The molecule has 122 valence electrons. The van der Waals surface area contributed by atoms with Gasteiger partial charge in [-0.05, 0) is 30.3 Å². The Kier molecular flexibility index (Phi) is 3.84. The molecule has 1 heterocycles. The molecule has 0 atom stereocenters. The number of fused-ring (bicyclic) bond motifs is 1. The maximum Gasteiger partial charge on any atom is 0.416 e. The number of pyridine rings is 1. The summed E-state index contributed by atoms with van der Waals surface area (Å²) < 4.78 is 38.1. The van der Waals surface area contributed by atoms with E-state index in [1.54, 1.807) is 24.3 Å². The van der Waals surface area contributed by atoms with Crippen LogP contribution >= 0.6 is 0 Å². The molecule has 0 fully saturated rings. The number of H-pyrrole nitrogens is 1. The lowest BCUT2D eigenvalue weighted by atomic mass is 10.1. The number of benzene rings is 2. The third-order valence-electron chi connectivity index (χ3n) is 3.45. The molecule has 3 aromatic rings. The molecule has 24 heavy (non-hydrogen) atoms. The molecule has 4 nitrogen and oxygen atoms in total. The number of aromatic nitrogens is 1. The lowest BCUT2D eigenvalue weighted by Gasteiger charge is -2.06. The van der Waals surface area contributed by atoms with Gasteiger partial charge in [-0.2, -0.15) is 13.2 Å². The summed E-state index contributed by atoms with van der Waals surface area (Å²) in [6, 6.07) is 11.0. The lowest BCUT2D eigenvalue weighted by molar-refractivity contribution is -0.137. The van der Waals surface area contributed by atoms with Crippen molar-refractivity contribution in [2.24, 2.45) is 4.99 Å². The maximum absolute atomic E-state index is 12.7. The van der Waals surface area contributed by atoms with Gasteiger partial charge in [-0.3, -0.25) is 9.79 Å². The van der Waals surface area contributed by atoms with Crippen molar-refractivity contribution in [2.75, 3.05) is 0 Å². The Morgan fingerprint density at radius 2 is 1.83 bits per heavy atom. The Hall–Kier alpha value is -3.09. The van der Waals surface area contributed by atoms with Gasteiger partial charge in [-0.15, -0.1) is 0 Å². The van der Waals surface area contributed by atoms with Gasteiger partial charge in [0.15, 0.2) is 0 Å². The molecular weight excluding hydrogens is 321 g/mol. The van der Waals surface area contributed by atoms with Gasteiger partial charge in [0, 0.05) is 11.6 Å². The molecule has 0 aliphatic carbocycles. The van der Waals surface area contributed by atoms with Crippen molar-refractivity contribution in [3.63, 3.8) is 0 Å². The monoisotopic (exact) mass is 332 g/mol. The predicted octanol–water partition coefficient (Wildman–Crippen LogP) is 4.00. The predicted molar refractivity (Wildman–Crippen MR) is 84.9 cm³/mol. The first-order valence-electron chi connectivity index (χ1n) is 6.91. The van der Waals surface area contributed by atoms with Crippen LogP contribution in [0.15, 0.2) is 58.3 Å². The molecule has 0 radical (unpaired) electrons. The summed E-state index contributed by atoms with van der Waals surface area (Å²) in [5.74, 6) is -0.273. The molecule has 1 aromatic heterocycles. The maximum atomic E-state index is 12.7. The van der Waals surface area contributed by atoms with E-state index in [0.717, 1.165) is 18.3 Å². The molecule has 0 saturated heterocycles. The summed E-state index contributed by atoms with van der Waals surface area (Å²) in [5.41, 5.74) is -1.06. The summed E-state index contributed by atoms with van der Waals surface area (Å²) in [7, 11) is 0.